The molecule has 17 heavy (non-hydrogen) atoms. The molecule has 0 saturated heterocycles. The molecule has 90 valence electrons. The van der Waals surface area contributed by atoms with Gasteiger partial charge < -0.3 is 0 Å². The van der Waals surface area contributed by atoms with Crippen molar-refractivity contribution in [1.82, 2.24) is 9.78 Å². The van der Waals surface area contributed by atoms with Crippen molar-refractivity contribution in [2.75, 3.05) is 0 Å². The quantitative estimate of drug-likeness (QED) is 0.763. The van der Waals surface area contributed by atoms with Crippen LogP contribution in [-0.4, -0.2) is 15.6 Å². The molecule has 0 aromatic carbocycles. The zero-order valence-corrected chi connectivity index (χ0v) is 13.3. The van der Waals surface area contributed by atoms with Gasteiger partial charge in [-0.15, -0.1) is 11.3 Å². The fourth-order valence-corrected chi connectivity index (χ4v) is 3.61. The second-order valence-electron chi connectivity index (χ2n) is 3.67. The van der Waals surface area contributed by atoms with Gasteiger partial charge in [0.05, 0.1) is 27.2 Å². The second-order valence-corrected chi connectivity index (χ2v) is 6.23. The maximum atomic E-state index is 12.1. The molecule has 3 nitrogen and oxygen atoms in total. The van der Waals surface area contributed by atoms with E-state index in [1.165, 1.54) is 11.3 Å². The molecular formula is C11H10Br2N2OS. The largest absolute Gasteiger partial charge is 0.293 e. The molecular weight excluding hydrogens is 368 g/mol. The van der Waals surface area contributed by atoms with Crippen LogP contribution < -0.4 is 0 Å². The Kier molecular flexibility index (Phi) is 3.85. The predicted molar refractivity (Wildman–Crippen MR) is 75.7 cm³/mol. The van der Waals surface area contributed by atoms with Crippen molar-refractivity contribution in [3.63, 3.8) is 0 Å². The highest BCUT2D eigenvalue weighted by Crippen LogP contribution is 2.26. The van der Waals surface area contributed by atoms with Crippen LogP contribution in [0.1, 0.15) is 21.1 Å². The summed E-state index contributed by atoms with van der Waals surface area (Å²) in [6, 6.07) is 1.89. The van der Waals surface area contributed by atoms with Crippen molar-refractivity contribution in [3.8, 4) is 0 Å². The van der Waals surface area contributed by atoms with Crippen LogP contribution >= 0.6 is 43.2 Å². The fraction of sp³-hybridized carbons (Fsp3) is 0.273. The average molecular weight is 378 g/mol. The molecule has 2 aromatic heterocycles. The zero-order chi connectivity index (χ0) is 12.6. The van der Waals surface area contributed by atoms with Gasteiger partial charge in [0.15, 0.2) is 5.78 Å². The number of ketones is 1. The molecule has 0 bridgehead atoms. The third-order valence-corrected chi connectivity index (χ3v) is 5.37. The van der Waals surface area contributed by atoms with Gasteiger partial charge in [0.2, 0.25) is 0 Å². The van der Waals surface area contributed by atoms with Gasteiger partial charge in [-0.25, -0.2) is 0 Å². The SMILES string of the molecule is Cc1nn(C)c(CC(=O)c2sccc2Br)c1Br. The normalized spacial score (nSPS) is 10.8. The van der Waals surface area contributed by atoms with Crippen LogP contribution in [0.2, 0.25) is 0 Å². The summed E-state index contributed by atoms with van der Waals surface area (Å²) >= 11 is 8.30. The van der Waals surface area contributed by atoms with E-state index in [0.29, 0.717) is 6.42 Å². The van der Waals surface area contributed by atoms with E-state index >= 15 is 0 Å². The van der Waals surface area contributed by atoms with Gasteiger partial charge in [0.1, 0.15) is 0 Å². The van der Waals surface area contributed by atoms with E-state index < -0.39 is 0 Å². The number of rotatable bonds is 3. The Morgan fingerprint density at radius 3 is 2.71 bits per heavy atom. The summed E-state index contributed by atoms with van der Waals surface area (Å²) in [5.74, 6) is 0.107. The highest BCUT2D eigenvalue weighted by atomic mass is 79.9. The summed E-state index contributed by atoms with van der Waals surface area (Å²) < 4.78 is 3.53. The summed E-state index contributed by atoms with van der Waals surface area (Å²) in [5, 5.41) is 6.18. The van der Waals surface area contributed by atoms with Crippen LogP contribution in [0.5, 0.6) is 0 Å². The van der Waals surface area contributed by atoms with Gasteiger partial charge in [-0.2, -0.15) is 5.10 Å². The highest BCUT2D eigenvalue weighted by Gasteiger charge is 2.18. The highest BCUT2D eigenvalue weighted by molar-refractivity contribution is 9.11. The van der Waals surface area contributed by atoms with Crippen LogP contribution in [0, 0.1) is 6.92 Å². The number of halogens is 2. The fourth-order valence-electron chi connectivity index (χ4n) is 1.60. The number of nitrogens with zero attached hydrogens (tertiary/aromatic N) is 2. The minimum atomic E-state index is 0.107. The molecule has 0 radical (unpaired) electrons. The Morgan fingerprint density at radius 2 is 2.24 bits per heavy atom. The lowest BCUT2D eigenvalue weighted by molar-refractivity contribution is 0.0994. The lowest BCUT2D eigenvalue weighted by Crippen LogP contribution is -2.07. The Hall–Kier alpha value is -0.460. The van der Waals surface area contributed by atoms with Crippen molar-refractivity contribution in [3.05, 3.63) is 36.7 Å². The minimum absolute atomic E-state index is 0.107. The molecule has 0 saturated carbocycles. The van der Waals surface area contributed by atoms with E-state index in [4.69, 9.17) is 0 Å². The number of aromatic nitrogens is 2. The molecule has 0 fully saturated rings. The number of hydrogen-bond donors (Lipinski definition) is 0. The minimum Gasteiger partial charge on any atom is -0.293 e. The van der Waals surface area contributed by atoms with Crippen molar-refractivity contribution in [1.29, 1.82) is 0 Å². The number of carbonyl (C=O) groups is 1. The van der Waals surface area contributed by atoms with Gasteiger partial charge in [-0.1, -0.05) is 0 Å². The Balaban J connectivity index is 2.28. The average Bonchev–Trinajstić information content (AvgIpc) is 2.78. The van der Waals surface area contributed by atoms with E-state index in [1.54, 1.807) is 4.68 Å². The molecule has 0 aliphatic rings. The molecule has 0 aliphatic heterocycles. The first-order valence-corrected chi connectivity index (χ1v) is 7.41. The maximum absolute atomic E-state index is 12.1. The number of thiophene rings is 1. The molecule has 2 aromatic rings. The van der Waals surface area contributed by atoms with Crippen LogP contribution in [-0.2, 0) is 13.5 Å². The van der Waals surface area contributed by atoms with E-state index in [-0.39, 0.29) is 5.78 Å². The number of Topliss-reactive ketones (excluding diaryl/α,β-unsaturated/α-hetero) is 1. The monoisotopic (exact) mass is 376 g/mol. The summed E-state index contributed by atoms with van der Waals surface area (Å²) in [4.78, 5) is 12.9. The Bertz CT molecular complexity index is 574. The van der Waals surface area contributed by atoms with Gasteiger partial charge in [0, 0.05) is 11.5 Å². The molecule has 0 aliphatic carbocycles. The molecule has 0 spiro atoms. The maximum Gasteiger partial charge on any atom is 0.179 e. The van der Waals surface area contributed by atoms with Crippen LogP contribution in [0.4, 0.5) is 0 Å². The van der Waals surface area contributed by atoms with Crippen molar-refractivity contribution >= 4 is 49.0 Å². The molecule has 2 rings (SSSR count). The van der Waals surface area contributed by atoms with Gasteiger partial charge in [-0.3, -0.25) is 9.48 Å². The lowest BCUT2D eigenvalue weighted by atomic mass is 10.2. The van der Waals surface area contributed by atoms with Gasteiger partial charge >= 0.3 is 0 Å². The molecule has 0 unspecified atom stereocenters. The van der Waals surface area contributed by atoms with Crippen molar-refractivity contribution in [2.45, 2.75) is 13.3 Å². The molecule has 6 heteroatoms. The second kappa shape index (κ2) is 5.04. The van der Waals surface area contributed by atoms with Crippen LogP contribution in [0.15, 0.2) is 20.4 Å². The zero-order valence-electron chi connectivity index (χ0n) is 9.33. The third kappa shape index (κ3) is 2.53. The molecule has 2 heterocycles. The first kappa shape index (κ1) is 13.0. The summed E-state index contributed by atoms with van der Waals surface area (Å²) in [6.45, 7) is 1.92. The standard InChI is InChI=1S/C11H10Br2N2OS/c1-6-10(13)8(15(2)14-6)5-9(16)11-7(12)3-4-17-11/h3-4H,5H2,1-2H3. The van der Waals surface area contributed by atoms with Gasteiger partial charge in [-0.05, 0) is 50.2 Å². The smallest absolute Gasteiger partial charge is 0.179 e. The van der Waals surface area contributed by atoms with Crippen LogP contribution in [0.3, 0.4) is 0 Å². The van der Waals surface area contributed by atoms with E-state index in [2.05, 4.69) is 37.0 Å². The first-order valence-electron chi connectivity index (χ1n) is 4.95. The molecule has 0 atom stereocenters. The van der Waals surface area contributed by atoms with E-state index in [0.717, 1.165) is 25.2 Å². The summed E-state index contributed by atoms with van der Waals surface area (Å²) in [5.41, 5.74) is 1.81. The number of hydrogen-bond acceptors (Lipinski definition) is 3. The Labute approximate surface area is 120 Å². The first-order chi connectivity index (χ1) is 8.00. The van der Waals surface area contributed by atoms with Gasteiger partial charge in [0.25, 0.3) is 0 Å². The molecule has 0 amide bonds. The summed E-state index contributed by atoms with van der Waals surface area (Å²) in [7, 11) is 1.85. The van der Waals surface area contributed by atoms with Crippen LogP contribution in [0.25, 0.3) is 0 Å². The van der Waals surface area contributed by atoms with E-state index in [9.17, 15) is 4.79 Å². The number of carbonyl (C=O) groups excluding carboxylic acids is 1. The van der Waals surface area contributed by atoms with Crippen molar-refractivity contribution in [2.24, 2.45) is 7.05 Å². The molecule has 0 N–H and O–H groups in total. The van der Waals surface area contributed by atoms with Crippen molar-refractivity contribution < 1.29 is 4.79 Å². The third-order valence-electron chi connectivity index (χ3n) is 2.46. The lowest BCUT2D eigenvalue weighted by Gasteiger charge is -2.01. The number of aryl methyl sites for hydroxylation is 2. The predicted octanol–water partition coefficient (Wildman–Crippen LogP) is 3.74. The topological polar surface area (TPSA) is 34.9 Å². The Morgan fingerprint density at radius 1 is 1.53 bits per heavy atom. The summed E-state index contributed by atoms with van der Waals surface area (Å²) in [6.07, 6.45) is 0.358. The van der Waals surface area contributed by atoms with E-state index in [1.807, 2.05) is 25.4 Å².